The van der Waals surface area contributed by atoms with Gasteiger partial charge in [-0.05, 0) is 59.7 Å². The fourth-order valence-corrected chi connectivity index (χ4v) is 4.29. The quantitative estimate of drug-likeness (QED) is 0.577. The second-order valence-electron chi connectivity index (χ2n) is 8.48. The average Bonchev–Trinajstić information content (AvgIpc) is 2.95. The molecule has 0 saturated carbocycles. The van der Waals surface area contributed by atoms with E-state index in [1.54, 1.807) is 31.5 Å². The molecule has 0 amide bonds. The smallest absolute Gasteiger partial charge is 0.285 e. The Balaban J connectivity index is 1.88. The fraction of sp³-hybridized carbons (Fsp3) is 0.364. The van der Waals surface area contributed by atoms with Crippen LogP contribution in [0.3, 0.4) is 0 Å². The second kappa shape index (κ2) is 8.10. The molecule has 0 fully saturated rings. The Morgan fingerprint density at radius 1 is 1.20 bits per heavy atom. The molecule has 8 heteroatoms. The predicted octanol–water partition coefficient (Wildman–Crippen LogP) is 3.79. The molecule has 0 atom stereocenters. The molecule has 0 aliphatic carbocycles. The molecular weight excluding hydrogens is 402 g/mol. The van der Waals surface area contributed by atoms with Crippen LogP contribution in [0.15, 0.2) is 50.8 Å². The predicted molar refractivity (Wildman–Crippen MR) is 118 cm³/mol. The van der Waals surface area contributed by atoms with Crippen LogP contribution in [0.4, 0.5) is 0 Å². The molecule has 1 N–H and O–H groups in total. The van der Waals surface area contributed by atoms with Crippen LogP contribution in [-0.2, 0) is 16.4 Å². The maximum Gasteiger partial charge on any atom is 0.285 e. The zero-order chi connectivity index (χ0) is 22.1. The summed E-state index contributed by atoms with van der Waals surface area (Å²) in [5.41, 5.74) is 2.50. The molecule has 0 bridgehead atoms. The van der Waals surface area contributed by atoms with Crippen LogP contribution in [0.25, 0.3) is 0 Å². The van der Waals surface area contributed by atoms with E-state index in [0.29, 0.717) is 16.9 Å². The van der Waals surface area contributed by atoms with E-state index in [1.807, 2.05) is 12.1 Å². The number of aryl methyl sites for hydroxylation is 1. The normalized spacial score (nSPS) is 15.2. The van der Waals surface area contributed by atoms with Gasteiger partial charge >= 0.3 is 0 Å². The number of hydrazone groups is 1. The van der Waals surface area contributed by atoms with Crippen LogP contribution in [0, 0.1) is 5.41 Å². The molecular formula is C22H27N3O4S. The average molecular weight is 430 g/mol. The van der Waals surface area contributed by atoms with E-state index in [-0.39, 0.29) is 21.9 Å². The minimum Gasteiger partial charge on any atom is -0.504 e. The number of phenolic OH excluding ortho intramolecular Hbond substituents is 1. The number of methoxy groups -OCH3 is 1. The third kappa shape index (κ3) is 4.81. The lowest BCUT2D eigenvalue weighted by Crippen LogP contribution is -2.21. The van der Waals surface area contributed by atoms with Crippen LogP contribution in [0.2, 0.25) is 0 Å². The first-order valence-electron chi connectivity index (χ1n) is 9.63. The summed E-state index contributed by atoms with van der Waals surface area (Å²) in [6, 6.07) is 10.2. The Morgan fingerprint density at radius 3 is 2.60 bits per heavy atom. The first kappa shape index (κ1) is 21.8. The van der Waals surface area contributed by atoms with Gasteiger partial charge < -0.3 is 9.84 Å². The van der Waals surface area contributed by atoms with Crippen molar-refractivity contribution in [1.82, 2.24) is 5.01 Å². The Labute approximate surface area is 177 Å². The van der Waals surface area contributed by atoms with Gasteiger partial charge in [-0.3, -0.25) is 0 Å². The van der Waals surface area contributed by atoms with E-state index < -0.39 is 10.0 Å². The van der Waals surface area contributed by atoms with Crippen LogP contribution in [0.5, 0.6) is 11.5 Å². The molecule has 3 rings (SSSR count). The molecule has 1 heterocycles. The van der Waals surface area contributed by atoms with Gasteiger partial charge in [-0.2, -0.15) is 13.5 Å². The van der Waals surface area contributed by atoms with E-state index in [0.717, 1.165) is 18.4 Å². The summed E-state index contributed by atoms with van der Waals surface area (Å²) in [5, 5.41) is 15.5. The summed E-state index contributed by atoms with van der Waals surface area (Å²) < 4.78 is 34.0. The topological polar surface area (TPSA) is 91.6 Å². The monoisotopic (exact) mass is 429 g/mol. The molecule has 30 heavy (non-hydrogen) atoms. The number of amidine groups is 1. The van der Waals surface area contributed by atoms with Crippen molar-refractivity contribution in [3.63, 3.8) is 0 Å². The maximum absolute atomic E-state index is 12.5. The van der Waals surface area contributed by atoms with Crippen molar-refractivity contribution in [3.8, 4) is 11.5 Å². The molecule has 7 nitrogen and oxygen atoms in total. The largest absolute Gasteiger partial charge is 0.504 e. The van der Waals surface area contributed by atoms with Crippen LogP contribution < -0.4 is 4.74 Å². The van der Waals surface area contributed by atoms with Crippen molar-refractivity contribution in [1.29, 1.82) is 0 Å². The summed E-state index contributed by atoms with van der Waals surface area (Å²) in [6.07, 6.45) is 3.39. The maximum atomic E-state index is 12.5. The lowest BCUT2D eigenvalue weighted by molar-refractivity contribution is 0.373. The number of benzene rings is 2. The molecule has 0 saturated heterocycles. The Kier molecular flexibility index (Phi) is 5.90. The highest BCUT2D eigenvalue weighted by Crippen LogP contribution is 2.30. The summed E-state index contributed by atoms with van der Waals surface area (Å²) in [6.45, 7) is 6.54. The summed E-state index contributed by atoms with van der Waals surface area (Å²) >= 11 is 0. The molecule has 0 aromatic heterocycles. The molecule has 0 spiro atoms. The van der Waals surface area contributed by atoms with E-state index in [9.17, 15) is 13.5 Å². The van der Waals surface area contributed by atoms with Gasteiger partial charge in [-0.25, -0.2) is 5.01 Å². The van der Waals surface area contributed by atoms with Crippen molar-refractivity contribution in [3.05, 3.63) is 53.1 Å². The Hall–Kier alpha value is -2.87. The van der Waals surface area contributed by atoms with Crippen molar-refractivity contribution >= 4 is 22.1 Å². The highest BCUT2D eigenvalue weighted by atomic mass is 32.2. The summed E-state index contributed by atoms with van der Waals surface area (Å²) in [4.78, 5) is 0.199. The van der Waals surface area contributed by atoms with Crippen molar-refractivity contribution < 1.29 is 18.3 Å². The highest BCUT2D eigenvalue weighted by Gasteiger charge is 2.31. The number of fused-ring (bicyclic) bond motifs is 1. The molecule has 2 aromatic carbocycles. The second-order valence-corrected chi connectivity index (χ2v) is 10.1. The van der Waals surface area contributed by atoms with E-state index in [2.05, 4.69) is 30.3 Å². The van der Waals surface area contributed by atoms with Crippen molar-refractivity contribution in [2.24, 2.45) is 14.9 Å². The van der Waals surface area contributed by atoms with Gasteiger partial charge in [-0.1, -0.05) is 26.8 Å². The zero-order valence-electron chi connectivity index (χ0n) is 17.9. The van der Waals surface area contributed by atoms with E-state index >= 15 is 0 Å². The van der Waals surface area contributed by atoms with Crippen LogP contribution in [-0.4, -0.2) is 44.7 Å². The molecule has 160 valence electrons. The number of hydrogen-bond donors (Lipinski definition) is 1. The molecule has 1 aliphatic heterocycles. The molecule has 1 aliphatic rings. The number of hydrogen-bond acceptors (Lipinski definition) is 6. The number of rotatable bonds is 5. The van der Waals surface area contributed by atoms with Crippen molar-refractivity contribution in [2.45, 2.75) is 38.5 Å². The Bertz CT molecular complexity index is 1120. The Morgan fingerprint density at radius 2 is 1.93 bits per heavy atom. The van der Waals surface area contributed by atoms with Crippen LogP contribution in [0.1, 0.15) is 43.9 Å². The van der Waals surface area contributed by atoms with Gasteiger partial charge in [0.2, 0.25) is 0 Å². The molecule has 0 unspecified atom stereocenters. The number of aromatic hydroxyl groups is 1. The van der Waals surface area contributed by atoms with Gasteiger partial charge in [0.1, 0.15) is 4.90 Å². The van der Waals surface area contributed by atoms with Gasteiger partial charge in [0.05, 0.1) is 13.3 Å². The summed E-state index contributed by atoms with van der Waals surface area (Å²) in [5.74, 6) is 0.645. The van der Waals surface area contributed by atoms with E-state index in [1.165, 1.54) is 18.2 Å². The lowest BCUT2D eigenvalue weighted by atomic mass is 9.88. The fourth-order valence-electron chi connectivity index (χ4n) is 3.08. The SMILES string of the molecule is COc1cc(/C=N/N(C)C2=NS(=O)(=O)c3ccc(CCC(C)(C)C)cc32)ccc1O. The van der Waals surface area contributed by atoms with Crippen molar-refractivity contribution in [2.75, 3.05) is 14.2 Å². The third-order valence-corrected chi connectivity index (χ3v) is 6.15. The van der Waals surface area contributed by atoms with Gasteiger partial charge in [-0.15, -0.1) is 4.40 Å². The standard InChI is InChI=1S/C22H27N3O4S/c1-22(2,3)11-10-15-7-9-20-17(12-15)21(24-30(20,27)28)25(4)23-14-16-6-8-18(26)19(13-16)29-5/h6-9,12-14,26H,10-11H2,1-5H3/b23-14+. The minimum absolute atomic E-state index is 0.0333. The first-order valence-corrected chi connectivity index (χ1v) is 11.1. The van der Waals surface area contributed by atoms with Gasteiger partial charge in [0.15, 0.2) is 17.3 Å². The zero-order valence-corrected chi connectivity index (χ0v) is 18.7. The third-order valence-electron chi connectivity index (χ3n) is 4.82. The van der Waals surface area contributed by atoms with Crippen LogP contribution >= 0.6 is 0 Å². The highest BCUT2D eigenvalue weighted by molar-refractivity contribution is 7.90. The number of ether oxygens (including phenoxy) is 1. The number of sulfonamides is 1. The first-order chi connectivity index (χ1) is 14.0. The van der Waals surface area contributed by atoms with E-state index in [4.69, 9.17) is 4.74 Å². The number of nitrogens with zero attached hydrogens (tertiary/aromatic N) is 3. The van der Waals surface area contributed by atoms with Gasteiger partial charge in [0, 0.05) is 12.6 Å². The van der Waals surface area contributed by atoms with Gasteiger partial charge in [0.25, 0.3) is 10.0 Å². The molecule has 0 radical (unpaired) electrons. The molecule has 2 aromatic rings. The summed E-state index contributed by atoms with van der Waals surface area (Å²) in [7, 11) is -0.621. The number of phenols is 1. The minimum atomic E-state index is -3.74. The lowest BCUT2D eigenvalue weighted by Gasteiger charge is -2.18.